The number of halogens is 2. The molecule has 0 spiro atoms. The van der Waals surface area contributed by atoms with Gasteiger partial charge in [-0.25, -0.2) is 4.98 Å². The third-order valence-electron chi connectivity index (χ3n) is 3.24. The zero-order valence-electron chi connectivity index (χ0n) is 11.3. The summed E-state index contributed by atoms with van der Waals surface area (Å²) < 4.78 is 0. The maximum atomic E-state index is 6.23. The lowest BCUT2D eigenvalue weighted by atomic mass is 10.1. The second-order valence-corrected chi connectivity index (χ2v) is 5.62. The molecule has 0 aliphatic rings. The highest BCUT2D eigenvalue weighted by Crippen LogP contribution is 2.28. The molecule has 0 saturated heterocycles. The average molecular weight is 318 g/mol. The lowest BCUT2D eigenvalue weighted by Crippen LogP contribution is -2.08. The van der Waals surface area contributed by atoms with Gasteiger partial charge < -0.3 is 5.32 Å². The highest BCUT2D eigenvalue weighted by atomic mass is 35.5. The molecule has 3 rings (SSSR count). The summed E-state index contributed by atoms with van der Waals surface area (Å²) in [4.78, 5) is 8.93. The van der Waals surface area contributed by atoms with E-state index in [9.17, 15) is 0 Å². The Hall–Kier alpha value is -1.84. The molecule has 1 unspecified atom stereocenters. The second kappa shape index (κ2) is 5.88. The molecule has 0 radical (unpaired) electrons. The van der Waals surface area contributed by atoms with Crippen molar-refractivity contribution in [3.05, 3.63) is 64.3 Å². The minimum atomic E-state index is 0.00484. The van der Waals surface area contributed by atoms with Crippen LogP contribution in [0.15, 0.2) is 48.7 Å². The van der Waals surface area contributed by atoms with Gasteiger partial charge in [-0.05, 0) is 36.8 Å². The third kappa shape index (κ3) is 3.09. The van der Waals surface area contributed by atoms with Crippen molar-refractivity contribution in [1.82, 2.24) is 9.97 Å². The number of para-hydroxylation sites is 2. The van der Waals surface area contributed by atoms with Crippen LogP contribution in [0.1, 0.15) is 18.5 Å². The number of hydrogen-bond donors (Lipinski definition) is 1. The maximum Gasteiger partial charge on any atom is 0.145 e. The van der Waals surface area contributed by atoms with E-state index in [1.54, 1.807) is 12.3 Å². The van der Waals surface area contributed by atoms with Gasteiger partial charge in [-0.2, -0.15) is 0 Å². The van der Waals surface area contributed by atoms with E-state index < -0.39 is 0 Å². The van der Waals surface area contributed by atoms with Crippen LogP contribution in [0.2, 0.25) is 10.0 Å². The molecule has 3 nitrogen and oxygen atoms in total. The summed E-state index contributed by atoms with van der Waals surface area (Å²) in [5, 5.41) is 4.57. The molecule has 5 heteroatoms. The van der Waals surface area contributed by atoms with E-state index in [1.165, 1.54) is 0 Å². The van der Waals surface area contributed by atoms with Gasteiger partial charge in [0.1, 0.15) is 5.82 Å². The molecule has 0 fully saturated rings. The van der Waals surface area contributed by atoms with E-state index in [-0.39, 0.29) is 6.04 Å². The summed E-state index contributed by atoms with van der Waals surface area (Å²) >= 11 is 12.1. The number of benzene rings is 2. The molecule has 0 aliphatic heterocycles. The summed E-state index contributed by atoms with van der Waals surface area (Å²) in [5.41, 5.74) is 2.70. The predicted molar refractivity (Wildman–Crippen MR) is 88.0 cm³/mol. The van der Waals surface area contributed by atoms with Gasteiger partial charge in [-0.15, -0.1) is 0 Å². The van der Waals surface area contributed by atoms with Gasteiger partial charge >= 0.3 is 0 Å². The molecule has 2 aromatic carbocycles. The third-order valence-corrected chi connectivity index (χ3v) is 3.80. The SMILES string of the molecule is CC(Nc1cnc2ccccc2n1)c1ccc(Cl)cc1Cl. The lowest BCUT2D eigenvalue weighted by molar-refractivity contribution is 0.875. The van der Waals surface area contributed by atoms with Crippen molar-refractivity contribution in [3.63, 3.8) is 0 Å². The van der Waals surface area contributed by atoms with Crippen LogP contribution < -0.4 is 5.32 Å². The fraction of sp³-hybridized carbons (Fsp3) is 0.125. The van der Waals surface area contributed by atoms with E-state index in [1.807, 2.05) is 43.3 Å². The average Bonchev–Trinajstić information content (AvgIpc) is 2.47. The summed E-state index contributed by atoms with van der Waals surface area (Å²) in [6.07, 6.45) is 1.72. The molecule has 1 N–H and O–H groups in total. The normalized spacial score (nSPS) is 12.3. The standard InChI is InChI=1S/C16H13Cl2N3/c1-10(12-7-6-11(17)8-13(12)18)20-16-9-19-14-4-2-3-5-15(14)21-16/h2-10H,1H3,(H,20,21). The summed E-state index contributed by atoms with van der Waals surface area (Å²) in [7, 11) is 0. The zero-order valence-corrected chi connectivity index (χ0v) is 12.9. The molecular weight excluding hydrogens is 305 g/mol. The quantitative estimate of drug-likeness (QED) is 0.729. The summed E-state index contributed by atoms with van der Waals surface area (Å²) in [5.74, 6) is 0.715. The molecule has 0 amide bonds. The summed E-state index contributed by atoms with van der Waals surface area (Å²) in [6.45, 7) is 2.02. The number of nitrogens with zero attached hydrogens (tertiary/aromatic N) is 2. The Kier molecular flexibility index (Phi) is 3.95. The molecule has 0 aliphatic carbocycles. The fourth-order valence-corrected chi connectivity index (χ4v) is 2.75. The Balaban J connectivity index is 1.87. The zero-order chi connectivity index (χ0) is 14.8. The first-order chi connectivity index (χ1) is 10.1. The number of fused-ring (bicyclic) bond motifs is 1. The number of nitrogens with one attached hydrogen (secondary N) is 1. The first-order valence-corrected chi connectivity index (χ1v) is 7.32. The van der Waals surface area contributed by atoms with Gasteiger partial charge in [0.2, 0.25) is 0 Å². The predicted octanol–water partition coefficient (Wildman–Crippen LogP) is 5.11. The van der Waals surface area contributed by atoms with Gasteiger partial charge in [0, 0.05) is 10.0 Å². The molecule has 3 aromatic rings. The van der Waals surface area contributed by atoms with Crippen LogP contribution in [0.5, 0.6) is 0 Å². The number of anilines is 1. The van der Waals surface area contributed by atoms with Crippen molar-refractivity contribution in [2.24, 2.45) is 0 Å². The van der Waals surface area contributed by atoms with Gasteiger partial charge in [0.05, 0.1) is 23.3 Å². The van der Waals surface area contributed by atoms with Crippen LogP contribution in [0, 0.1) is 0 Å². The Bertz CT molecular complexity index is 789. The molecule has 0 bridgehead atoms. The summed E-state index contributed by atoms with van der Waals surface area (Å²) in [6, 6.07) is 13.2. The number of hydrogen-bond acceptors (Lipinski definition) is 3. The van der Waals surface area contributed by atoms with Gasteiger partial charge in [-0.3, -0.25) is 4.98 Å². The van der Waals surface area contributed by atoms with Crippen molar-refractivity contribution < 1.29 is 0 Å². The highest BCUT2D eigenvalue weighted by Gasteiger charge is 2.11. The van der Waals surface area contributed by atoms with Crippen LogP contribution in [0.3, 0.4) is 0 Å². The van der Waals surface area contributed by atoms with Crippen LogP contribution in [0.4, 0.5) is 5.82 Å². The van der Waals surface area contributed by atoms with Crippen molar-refractivity contribution >= 4 is 40.1 Å². The monoisotopic (exact) mass is 317 g/mol. The van der Waals surface area contributed by atoms with E-state index >= 15 is 0 Å². The minimum Gasteiger partial charge on any atom is -0.362 e. The molecule has 106 valence electrons. The van der Waals surface area contributed by atoms with Crippen LogP contribution in [0.25, 0.3) is 11.0 Å². The highest BCUT2D eigenvalue weighted by molar-refractivity contribution is 6.35. The van der Waals surface area contributed by atoms with Crippen LogP contribution in [-0.2, 0) is 0 Å². The first kappa shape index (κ1) is 14.1. The van der Waals surface area contributed by atoms with Crippen LogP contribution >= 0.6 is 23.2 Å². The molecule has 1 atom stereocenters. The maximum absolute atomic E-state index is 6.23. The smallest absolute Gasteiger partial charge is 0.145 e. The van der Waals surface area contributed by atoms with E-state index in [2.05, 4.69) is 15.3 Å². The Morgan fingerprint density at radius 2 is 1.81 bits per heavy atom. The molecule has 1 heterocycles. The van der Waals surface area contributed by atoms with Crippen molar-refractivity contribution in [1.29, 1.82) is 0 Å². The van der Waals surface area contributed by atoms with E-state index in [4.69, 9.17) is 23.2 Å². The fourth-order valence-electron chi connectivity index (χ4n) is 2.18. The largest absolute Gasteiger partial charge is 0.362 e. The van der Waals surface area contributed by atoms with Gasteiger partial charge in [0.25, 0.3) is 0 Å². The van der Waals surface area contributed by atoms with E-state index in [0.717, 1.165) is 16.6 Å². The van der Waals surface area contributed by atoms with Crippen molar-refractivity contribution in [2.45, 2.75) is 13.0 Å². The molecule has 1 aromatic heterocycles. The Labute approximate surface area is 132 Å². The van der Waals surface area contributed by atoms with E-state index in [0.29, 0.717) is 15.9 Å². The Morgan fingerprint density at radius 3 is 2.57 bits per heavy atom. The minimum absolute atomic E-state index is 0.00484. The van der Waals surface area contributed by atoms with Crippen LogP contribution in [-0.4, -0.2) is 9.97 Å². The topological polar surface area (TPSA) is 37.8 Å². The molecule has 21 heavy (non-hydrogen) atoms. The second-order valence-electron chi connectivity index (χ2n) is 4.78. The first-order valence-electron chi connectivity index (χ1n) is 6.57. The van der Waals surface area contributed by atoms with Gasteiger partial charge in [-0.1, -0.05) is 41.4 Å². The molecule has 0 saturated carbocycles. The number of rotatable bonds is 3. The Morgan fingerprint density at radius 1 is 1.05 bits per heavy atom. The molecular formula is C16H13Cl2N3. The van der Waals surface area contributed by atoms with Crippen molar-refractivity contribution in [2.75, 3.05) is 5.32 Å². The lowest BCUT2D eigenvalue weighted by Gasteiger charge is -2.16. The van der Waals surface area contributed by atoms with Crippen molar-refractivity contribution in [3.8, 4) is 0 Å². The van der Waals surface area contributed by atoms with Gasteiger partial charge in [0.15, 0.2) is 0 Å². The number of aromatic nitrogens is 2.